The topological polar surface area (TPSA) is 84.9 Å². The Morgan fingerprint density at radius 3 is 2.21 bits per heavy atom. The van der Waals surface area contributed by atoms with Crippen LogP contribution in [0.3, 0.4) is 0 Å². The van der Waals surface area contributed by atoms with Gasteiger partial charge in [0, 0.05) is 18.7 Å². The first-order chi connectivity index (χ1) is 14.1. The van der Waals surface area contributed by atoms with E-state index in [4.69, 9.17) is 9.47 Å². The Labute approximate surface area is 169 Å². The lowest BCUT2D eigenvalue weighted by Gasteiger charge is -2.23. The van der Waals surface area contributed by atoms with Crippen molar-refractivity contribution in [3.8, 4) is 5.75 Å². The molecule has 1 aliphatic heterocycles. The molecule has 1 fully saturated rings. The van der Waals surface area contributed by atoms with E-state index in [2.05, 4.69) is 5.32 Å². The van der Waals surface area contributed by atoms with Crippen LogP contribution in [0.25, 0.3) is 0 Å². The summed E-state index contributed by atoms with van der Waals surface area (Å²) in [6.07, 6.45) is 0.872. The van der Waals surface area contributed by atoms with Crippen LogP contribution in [-0.4, -0.2) is 48.9 Å². The van der Waals surface area contributed by atoms with Crippen molar-refractivity contribution in [1.29, 1.82) is 0 Å². The maximum atomic E-state index is 12.8. The Kier molecular flexibility index (Phi) is 7.22. The summed E-state index contributed by atoms with van der Waals surface area (Å²) in [5.74, 6) is -0.807. The molecular weight excluding hydrogens is 372 g/mol. The first-order valence-electron chi connectivity index (χ1n) is 9.61. The zero-order chi connectivity index (χ0) is 20.5. The van der Waals surface area contributed by atoms with Gasteiger partial charge in [0.25, 0.3) is 11.8 Å². The molecular formula is C22H24N2O5. The fourth-order valence-corrected chi connectivity index (χ4v) is 3.05. The minimum Gasteiger partial charge on any atom is -0.484 e. The van der Waals surface area contributed by atoms with Gasteiger partial charge in [-0.1, -0.05) is 48.5 Å². The molecule has 2 aromatic carbocycles. The standard InChI is InChI=1S/C22H24N2O5/c25-19(16-28-18-11-5-2-6-12-18)23-15-20(26)29-21(17-9-3-1-4-10-17)22(27)24-13-7-8-14-24/h1-6,9-12,21H,7-8,13-16H2,(H,23,25)/t21-/m1/s1. The number of carbonyl (C=O) groups excluding carboxylic acids is 3. The second-order valence-corrected chi connectivity index (χ2v) is 6.69. The van der Waals surface area contributed by atoms with E-state index in [-0.39, 0.29) is 19.1 Å². The van der Waals surface area contributed by atoms with Gasteiger partial charge in [-0.15, -0.1) is 0 Å². The van der Waals surface area contributed by atoms with E-state index in [1.165, 1.54) is 0 Å². The highest BCUT2D eigenvalue weighted by Crippen LogP contribution is 2.22. The van der Waals surface area contributed by atoms with E-state index in [1.807, 2.05) is 12.1 Å². The number of hydrogen-bond acceptors (Lipinski definition) is 5. The summed E-state index contributed by atoms with van der Waals surface area (Å²) in [7, 11) is 0. The molecule has 1 saturated heterocycles. The van der Waals surface area contributed by atoms with Crippen molar-refractivity contribution in [2.75, 3.05) is 26.2 Å². The van der Waals surface area contributed by atoms with Crippen molar-refractivity contribution in [2.24, 2.45) is 0 Å². The van der Waals surface area contributed by atoms with Crippen LogP contribution in [0.15, 0.2) is 60.7 Å². The fraction of sp³-hybridized carbons (Fsp3) is 0.318. The number of rotatable bonds is 8. The predicted octanol–water partition coefficient (Wildman–Crippen LogP) is 2.09. The summed E-state index contributed by atoms with van der Waals surface area (Å²) < 4.78 is 10.8. The van der Waals surface area contributed by atoms with Gasteiger partial charge in [-0.3, -0.25) is 14.4 Å². The molecule has 0 unspecified atom stereocenters. The average Bonchev–Trinajstić information content (AvgIpc) is 3.30. The monoisotopic (exact) mass is 396 g/mol. The molecule has 1 atom stereocenters. The van der Waals surface area contributed by atoms with Gasteiger partial charge in [-0.25, -0.2) is 0 Å². The molecule has 0 radical (unpaired) electrons. The van der Waals surface area contributed by atoms with E-state index in [9.17, 15) is 14.4 Å². The molecule has 0 aromatic heterocycles. The lowest BCUT2D eigenvalue weighted by molar-refractivity contribution is -0.160. The van der Waals surface area contributed by atoms with Gasteiger partial charge in [0.2, 0.25) is 6.10 Å². The normalized spacial score (nSPS) is 14.1. The molecule has 0 aliphatic carbocycles. The number of para-hydroxylation sites is 1. The molecule has 0 spiro atoms. The van der Waals surface area contributed by atoms with Crippen LogP contribution in [0.4, 0.5) is 0 Å². The van der Waals surface area contributed by atoms with Crippen molar-refractivity contribution in [2.45, 2.75) is 18.9 Å². The molecule has 152 valence electrons. The summed E-state index contributed by atoms with van der Waals surface area (Å²) >= 11 is 0. The van der Waals surface area contributed by atoms with Crippen LogP contribution in [0, 0.1) is 0 Å². The maximum absolute atomic E-state index is 12.8. The lowest BCUT2D eigenvalue weighted by atomic mass is 10.1. The zero-order valence-corrected chi connectivity index (χ0v) is 16.1. The van der Waals surface area contributed by atoms with Gasteiger partial charge < -0.3 is 19.7 Å². The molecule has 1 aliphatic rings. The molecule has 7 heteroatoms. The predicted molar refractivity (Wildman–Crippen MR) is 106 cm³/mol. The molecule has 1 heterocycles. The second kappa shape index (κ2) is 10.3. The molecule has 1 N–H and O–H groups in total. The van der Waals surface area contributed by atoms with Crippen LogP contribution in [-0.2, 0) is 19.1 Å². The molecule has 29 heavy (non-hydrogen) atoms. The fourth-order valence-electron chi connectivity index (χ4n) is 3.05. The molecule has 2 amide bonds. The van der Waals surface area contributed by atoms with Crippen LogP contribution in [0.5, 0.6) is 5.75 Å². The Morgan fingerprint density at radius 1 is 0.931 bits per heavy atom. The van der Waals surface area contributed by atoms with E-state index >= 15 is 0 Å². The molecule has 0 saturated carbocycles. The van der Waals surface area contributed by atoms with Crippen molar-refractivity contribution < 1.29 is 23.9 Å². The van der Waals surface area contributed by atoms with E-state index < -0.39 is 18.0 Å². The quantitative estimate of drug-likeness (QED) is 0.691. The number of hydrogen-bond donors (Lipinski definition) is 1. The van der Waals surface area contributed by atoms with Gasteiger partial charge in [0.05, 0.1) is 0 Å². The van der Waals surface area contributed by atoms with Gasteiger partial charge in [-0.2, -0.15) is 0 Å². The van der Waals surface area contributed by atoms with E-state index in [1.54, 1.807) is 53.4 Å². The third-order valence-electron chi connectivity index (χ3n) is 4.54. The Morgan fingerprint density at radius 2 is 1.55 bits per heavy atom. The first kappa shape index (κ1) is 20.4. The van der Waals surface area contributed by atoms with Crippen LogP contribution < -0.4 is 10.1 Å². The van der Waals surface area contributed by atoms with Gasteiger partial charge in [0.1, 0.15) is 12.3 Å². The number of carbonyl (C=O) groups is 3. The summed E-state index contributed by atoms with van der Waals surface area (Å²) in [5, 5.41) is 2.45. The third-order valence-corrected chi connectivity index (χ3v) is 4.54. The largest absolute Gasteiger partial charge is 0.484 e. The van der Waals surface area contributed by atoms with Crippen LogP contribution in [0.1, 0.15) is 24.5 Å². The lowest BCUT2D eigenvalue weighted by Crippen LogP contribution is -2.38. The Bertz CT molecular complexity index is 820. The maximum Gasteiger partial charge on any atom is 0.326 e. The second-order valence-electron chi connectivity index (χ2n) is 6.69. The summed E-state index contributed by atoms with van der Waals surface area (Å²) in [4.78, 5) is 38.7. The minimum absolute atomic E-state index is 0.216. The summed E-state index contributed by atoms with van der Waals surface area (Å²) in [6.45, 7) is 0.764. The van der Waals surface area contributed by atoms with Crippen molar-refractivity contribution in [3.63, 3.8) is 0 Å². The highest BCUT2D eigenvalue weighted by molar-refractivity contribution is 5.87. The van der Waals surface area contributed by atoms with E-state index in [0.717, 1.165) is 12.8 Å². The molecule has 2 aromatic rings. The Hall–Kier alpha value is -3.35. The van der Waals surface area contributed by atoms with Crippen molar-refractivity contribution in [3.05, 3.63) is 66.2 Å². The smallest absolute Gasteiger partial charge is 0.326 e. The van der Waals surface area contributed by atoms with Gasteiger partial charge >= 0.3 is 5.97 Å². The van der Waals surface area contributed by atoms with Crippen molar-refractivity contribution in [1.82, 2.24) is 10.2 Å². The van der Waals surface area contributed by atoms with Crippen LogP contribution >= 0.6 is 0 Å². The number of nitrogens with zero attached hydrogens (tertiary/aromatic N) is 1. The first-order valence-corrected chi connectivity index (χ1v) is 9.61. The number of esters is 1. The SMILES string of the molecule is O=C(COc1ccccc1)NCC(=O)O[C@@H](C(=O)N1CCCC1)c1ccccc1. The van der Waals surface area contributed by atoms with Crippen LogP contribution in [0.2, 0.25) is 0 Å². The van der Waals surface area contributed by atoms with Crippen molar-refractivity contribution >= 4 is 17.8 Å². The molecule has 7 nitrogen and oxygen atoms in total. The van der Waals surface area contributed by atoms with Gasteiger partial charge in [0.15, 0.2) is 6.61 Å². The zero-order valence-electron chi connectivity index (χ0n) is 16.1. The van der Waals surface area contributed by atoms with Gasteiger partial charge in [-0.05, 0) is 25.0 Å². The molecule has 3 rings (SSSR count). The van der Waals surface area contributed by atoms with E-state index in [0.29, 0.717) is 24.4 Å². The minimum atomic E-state index is -1.01. The third kappa shape index (κ3) is 6.07. The molecule has 0 bridgehead atoms. The summed E-state index contributed by atoms with van der Waals surface area (Å²) in [6, 6.07) is 17.8. The highest BCUT2D eigenvalue weighted by Gasteiger charge is 2.30. The number of amides is 2. The number of nitrogens with one attached hydrogen (secondary N) is 1. The summed E-state index contributed by atoms with van der Waals surface area (Å²) in [5.41, 5.74) is 0.608. The highest BCUT2D eigenvalue weighted by atomic mass is 16.5. The Balaban J connectivity index is 1.52. The number of ether oxygens (including phenoxy) is 2. The average molecular weight is 396 g/mol. The number of likely N-dealkylation sites (tertiary alicyclic amines) is 1. The number of benzene rings is 2.